The lowest BCUT2D eigenvalue weighted by Gasteiger charge is -2.21. The highest BCUT2D eigenvalue weighted by atomic mass is 16.3. The number of aliphatic hydroxyl groups excluding tert-OH is 1. The molecule has 0 saturated carbocycles. The van der Waals surface area contributed by atoms with E-state index in [-0.39, 0.29) is 6.10 Å². The quantitative estimate of drug-likeness (QED) is 0.620. The van der Waals surface area contributed by atoms with Gasteiger partial charge in [0.2, 0.25) is 0 Å². The second-order valence-corrected chi connectivity index (χ2v) is 3.06. The van der Waals surface area contributed by atoms with Crippen LogP contribution in [0.4, 0.5) is 0 Å². The third-order valence-corrected chi connectivity index (χ3v) is 1.95. The van der Waals surface area contributed by atoms with Gasteiger partial charge in [0.15, 0.2) is 0 Å². The Morgan fingerprint density at radius 3 is 1.67 bits per heavy atom. The molecule has 0 aliphatic rings. The fraction of sp³-hybridized carbons (Fsp3) is 1.00. The van der Waals surface area contributed by atoms with E-state index in [1.807, 2.05) is 6.92 Å². The molecule has 1 nitrogen and oxygen atoms in total. The van der Waals surface area contributed by atoms with Gasteiger partial charge in [0.25, 0.3) is 0 Å². The molecular weight excluding hydrogens is 112 g/mol. The molecule has 0 aromatic rings. The molecule has 0 aliphatic carbocycles. The summed E-state index contributed by atoms with van der Waals surface area (Å²) in [4.78, 5) is 0. The molecule has 0 amide bonds. The second kappa shape index (κ2) is 3.89. The van der Waals surface area contributed by atoms with E-state index in [9.17, 15) is 5.11 Å². The summed E-state index contributed by atoms with van der Waals surface area (Å²) in [5, 5.41) is 9.18. The van der Waals surface area contributed by atoms with Crippen molar-refractivity contribution in [3.63, 3.8) is 0 Å². The Labute approximate surface area is 58.1 Å². The molecule has 2 atom stereocenters. The van der Waals surface area contributed by atoms with Crippen LogP contribution in [0.2, 0.25) is 0 Å². The van der Waals surface area contributed by atoms with Gasteiger partial charge < -0.3 is 5.11 Å². The van der Waals surface area contributed by atoms with Crippen molar-refractivity contribution in [3.05, 3.63) is 0 Å². The van der Waals surface area contributed by atoms with Gasteiger partial charge in [-0.3, -0.25) is 0 Å². The van der Waals surface area contributed by atoms with Gasteiger partial charge in [0.1, 0.15) is 0 Å². The van der Waals surface area contributed by atoms with Crippen LogP contribution in [0.5, 0.6) is 0 Å². The molecular formula is C8H18O. The van der Waals surface area contributed by atoms with Gasteiger partial charge in [-0.25, -0.2) is 0 Å². The van der Waals surface area contributed by atoms with Crippen molar-refractivity contribution in [2.45, 2.75) is 40.2 Å². The Kier molecular flexibility index (Phi) is 3.87. The maximum absolute atomic E-state index is 9.18. The van der Waals surface area contributed by atoms with E-state index in [1.54, 1.807) is 0 Å². The smallest absolute Gasteiger partial charge is 0.0542 e. The average Bonchev–Trinajstić information content (AvgIpc) is 1.64. The van der Waals surface area contributed by atoms with Gasteiger partial charge in [-0.15, -0.1) is 0 Å². The van der Waals surface area contributed by atoms with Crippen molar-refractivity contribution < 1.29 is 5.11 Å². The van der Waals surface area contributed by atoms with Gasteiger partial charge in [-0.05, 0) is 18.8 Å². The van der Waals surface area contributed by atoms with Crippen LogP contribution >= 0.6 is 0 Å². The first-order valence-corrected chi connectivity index (χ1v) is 3.77. The normalized spacial score (nSPS) is 18.0. The fourth-order valence-corrected chi connectivity index (χ4v) is 1.37. The Balaban J connectivity index is 3.68. The summed E-state index contributed by atoms with van der Waals surface area (Å²) in [6.07, 6.45) is 0.935. The molecule has 0 rings (SSSR count). The molecule has 9 heavy (non-hydrogen) atoms. The van der Waals surface area contributed by atoms with Crippen LogP contribution in [0.15, 0.2) is 0 Å². The lowest BCUT2D eigenvalue weighted by Crippen LogP contribution is -2.20. The lowest BCUT2D eigenvalue weighted by molar-refractivity contribution is 0.0952. The van der Waals surface area contributed by atoms with Crippen LogP contribution in [0.1, 0.15) is 34.1 Å². The van der Waals surface area contributed by atoms with Gasteiger partial charge in [-0.2, -0.15) is 0 Å². The van der Waals surface area contributed by atoms with E-state index in [1.165, 1.54) is 0 Å². The highest BCUT2D eigenvalue weighted by Gasteiger charge is 2.15. The maximum Gasteiger partial charge on any atom is 0.0542 e. The monoisotopic (exact) mass is 130 g/mol. The fourth-order valence-electron chi connectivity index (χ4n) is 1.37. The van der Waals surface area contributed by atoms with Gasteiger partial charge in [-0.1, -0.05) is 27.2 Å². The highest BCUT2D eigenvalue weighted by Crippen LogP contribution is 2.18. The summed E-state index contributed by atoms with van der Waals surface area (Å²) in [6, 6.07) is 0. The second-order valence-electron chi connectivity index (χ2n) is 3.06. The van der Waals surface area contributed by atoms with Crippen molar-refractivity contribution in [2.75, 3.05) is 0 Å². The summed E-state index contributed by atoms with van der Waals surface area (Å²) in [7, 11) is 0. The van der Waals surface area contributed by atoms with Crippen molar-refractivity contribution in [2.24, 2.45) is 11.8 Å². The number of hydrogen-bond donors (Lipinski definition) is 1. The minimum absolute atomic E-state index is 0.144. The molecule has 0 spiro atoms. The first-order chi connectivity index (χ1) is 4.09. The molecule has 0 heterocycles. The minimum Gasteiger partial charge on any atom is -0.393 e. The summed E-state index contributed by atoms with van der Waals surface area (Å²) < 4.78 is 0. The first-order valence-electron chi connectivity index (χ1n) is 3.77. The van der Waals surface area contributed by atoms with Crippen LogP contribution < -0.4 is 0 Å². The van der Waals surface area contributed by atoms with Gasteiger partial charge >= 0.3 is 0 Å². The molecule has 0 saturated heterocycles. The summed E-state index contributed by atoms with van der Waals surface area (Å²) >= 11 is 0. The SMILES string of the molecule is CC[C@H](C(C)C)[C@H](C)O. The van der Waals surface area contributed by atoms with Crippen molar-refractivity contribution >= 4 is 0 Å². The summed E-state index contributed by atoms with van der Waals surface area (Å²) in [5.74, 6) is 1.08. The first kappa shape index (κ1) is 8.96. The van der Waals surface area contributed by atoms with E-state index < -0.39 is 0 Å². The van der Waals surface area contributed by atoms with E-state index in [0.717, 1.165) is 6.42 Å². The zero-order chi connectivity index (χ0) is 7.44. The maximum atomic E-state index is 9.18. The average molecular weight is 130 g/mol. The van der Waals surface area contributed by atoms with E-state index in [4.69, 9.17) is 0 Å². The molecule has 0 aromatic heterocycles. The zero-order valence-corrected chi connectivity index (χ0v) is 6.89. The topological polar surface area (TPSA) is 20.2 Å². The van der Waals surface area contributed by atoms with Crippen LogP contribution in [-0.2, 0) is 0 Å². The van der Waals surface area contributed by atoms with Crippen LogP contribution in [-0.4, -0.2) is 11.2 Å². The predicted octanol–water partition coefficient (Wildman–Crippen LogP) is 2.05. The minimum atomic E-state index is -0.144. The molecule has 0 aliphatic heterocycles. The third kappa shape index (κ3) is 2.85. The largest absolute Gasteiger partial charge is 0.393 e. The molecule has 1 N–H and O–H groups in total. The van der Waals surface area contributed by atoms with E-state index in [0.29, 0.717) is 11.8 Å². The molecule has 0 aromatic carbocycles. The lowest BCUT2D eigenvalue weighted by atomic mass is 9.89. The molecule has 0 bridgehead atoms. The Hall–Kier alpha value is -0.0400. The Morgan fingerprint density at radius 1 is 1.22 bits per heavy atom. The third-order valence-electron chi connectivity index (χ3n) is 1.95. The molecule has 1 heteroatoms. The molecule has 56 valence electrons. The molecule has 0 radical (unpaired) electrons. The van der Waals surface area contributed by atoms with Crippen LogP contribution in [0, 0.1) is 11.8 Å². The van der Waals surface area contributed by atoms with E-state index >= 15 is 0 Å². The van der Waals surface area contributed by atoms with Gasteiger partial charge in [0.05, 0.1) is 6.10 Å². The van der Waals surface area contributed by atoms with E-state index in [2.05, 4.69) is 20.8 Å². The number of rotatable bonds is 3. The molecule has 0 fully saturated rings. The van der Waals surface area contributed by atoms with Crippen LogP contribution in [0.25, 0.3) is 0 Å². The van der Waals surface area contributed by atoms with Crippen LogP contribution in [0.3, 0.4) is 0 Å². The number of aliphatic hydroxyl groups is 1. The zero-order valence-electron chi connectivity index (χ0n) is 6.89. The van der Waals surface area contributed by atoms with Gasteiger partial charge in [0, 0.05) is 0 Å². The van der Waals surface area contributed by atoms with Crippen molar-refractivity contribution in [1.29, 1.82) is 0 Å². The number of hydrogen-bond acceptors (Lipinski definition) is 1. The Morgan fingerprint density at radius 2 is 1.67 bits per heavy atom. The highest BCUT2D eigenvalue weighted by molar-refractivity contribution is 4.65. The van der Waals surface area contributed by atoms with Crippen molar-refractivity contribution in [1.82, 2.24) is 0 Å². The summed E-state index contributed by atoms with van der Waals surface area (Å²) in [5.41, 5.74) is 0. The molecule has 0 unspecified atom stereocenters. The predicted molar refractivity (Wildman–Crippen MR) is 40.3 cm³/mol. The Bertz CT molecular complexity index is 59.0. The summed E-state index contributed by atoms with van der Waals surface area (Å²) in [6.45, 7) is 8.30. The van der Waals surface area contributed by atoms with Crippen molar-refractivity contribution in [3.8, 4) is 0 Å². The standard InChI is InChI=1S/C8H18O/c1-5-8(6(2)3)7(4)9/h6-9H,5H2,1-4H3/t7-,8+/m0/s1.